The van der Waals surface area contributed by atoms with Gasteiger partial charge < -0.3 is 28.3 Å². The fourth-order valence-electron chi connectivity index (χ4n) is 5.47. The van der Waals surface area contributed by atoms with Crippen LogP contribution < -0.4 is 0 Å². The summed E-state index contributed by atoms with van der Waals surface area (Å²) in [6.45, 7) is 1.69. The minimum atomic E-state index is -2.84. The number of ether oxygens (including phenoxy) is 4. The number of esters is 4. The number of carbonyl (C=O) groups excluding carboxylic acids is 4. The lowest BCUT2D eigenvalue weighted by Crippen LogP contribution is -2.73. The highest BCUT2D eigenvalue weighted by atomic mass is 16.7. The minimum Gasteiger partial charge on any atom is -0.460 e. The Hall–Kier alpha value is -5.26. The second kappa shape index (κ2) is 15.6. The van der Waals surface area contributed by atoms with Crippen molar-refractivity contribution in [2.75, 3.05) is 0 Å². The maximum absolute atomic E-state index is 14.3. The Morgan fingerprint density at radius 2 is 0.875 bits per heavy atom. The van der Waals surface area contributed by atoms with Gasteiger partial charge >= 0.3 is 31.0 Å². The van der Waals surface area contributed by atoms with Crippen LogP contribution >= 0.6 is 0 Å². The molecular weight excluding hydrogens is 615 g/mol. The van der Waals surface area contributed by atoms with Crippen molar-refractivity contribution < 1.29 is 47.4 Å². The molecular formula is C37H35BO10. The number of carbonyl (C=O) groups is 4. The Bertz CT molecular complexity index is 1630. The van der Waals surface area contributed by atoms with E-state index in [0.717, 1.165) is 0 Å². The Balaban J connectivity index is 1.55. The van der Waals surface area contributed by atoms with Gasteiger partial charge in [-0.05, 0) is 36.0 Å². The van der Waals surface area contributed by atoms with E-state index in [0.29, 0.717) is 22.3 Å². The van der Waals surface area contributed by atoms with E-state index in [1.54, 1.807) is 115 Å². The first-order valence-corrected chi connectivity index (χ1v) is 15.4. The van der Waals surface area contributed by atoms with Crippen molar-refractivity contribution in [3.05, 3.63) is 144 Å². The average Bonchev–Trinajstić information content (AvgIpc) is 3.12. The van der Waals surface area contributed by atoms with Crippen molar-refractivity contribution in [2.24, 2.45) is 5.92 Å². The lowest BCUT2D eigenvalue weighted by molar-refractivity contribution is -0.226. The van der Waals surface area contributed by atoms with Gasteiger partial charge in [0.2, 0.25) is 0 Å². The molecule has 11 heteroatoms. The molecule has 4 aromatic carbocycles. The second-order valence-corrected chi connectivity index (χ2v) is 11.4. The Morgan fingerprint density at radius 3 is 1.25 bits per heavy atom. The zero-order chi connectivity index (χ0) is 34.0. The molecule has 2 atom stereocenters. The summed E-state index contributed by atoms with van der Waals surface area (Å²) in [4.78, 5) is 56.9. The van der Waals surface area contributed by atoms with Crippen LogP contribution in [0.3, 0.4) is 0 Å². The van der Waals surface area contributed by atoms with Crippen LogP contribution in [0.5, 0.6) is 0 Å². The van der Waals surface area contributed by atoms with Crippen molar-refractivity contribution in [1.29, 1.82) is 0 Å². The zero-order valence-electron chi connectivity index (χ0n) is 26.6. The van der Waals surface area contributed by atoms with E-state index in [4.69, 9.17) is 28.3 Å². The van der Waals surface area contributed by atoms with Gasteiger partial charge in [-0.2, -0.15) is 0 Å². The first-order valence-electron chi connectivity index (χ1n) is 15.4. The number of hydrogen-bond donors (Lipinski definition) is 0. The highest BCUT2D eigenvalue weighted by molar-refractivity contribution is 6.45. The maximum atomic E-state index is 14.3. The molecule has 0 bridgehead atoms. The van der Waals surface area contributed by atoms with Crippen molar-refractivity contribution in [3.8, 4) is 0 Å². The van der Waals surface area contributed by atoms with Crippen LogP contribution in [0.15, 0.2) is 121 Å². The number of benzene rings is 4. The molecule has 0 saturated carbocycles. The van der Waals surface area contributed by atoms with Gasteiger partial charge in [-0.25, -0.2) is 14.4 Å². The molecule has 0 aliphatic carbocycles. The quantitative estimate of drug-likeness (QED) is 0.0871. The monoisotopic (exact) mass is 650 g/mol. The lowest BCUT2D eigenvalue weighted by atomic mass is 9.69. The first kappa shape index (κ1) is 34.1. The highest BCUT2D eigenvalue weighted by Gasteiger charge is 2.73. The zero-order valence-corrected chi connectivity index (χ0v) is 26.6. The highest BCUT2D eigenvalue weighted by Crippen LogP contribution is 2.44. The van der Waals surface area contributed by atoms with Crippen LogP contribution in [0, 0.1) is 5.92 Å². The SMILES string of the molecule is CB1OC(C)(C(=O)OCc2ccccc2)C(C(=O)OCc2ccccc2)C(C(=O)OCc2ccccc2)(C(=O)OCc2ccccc2)O1. The predicted octanol–water partition coefficient (Wildman–Crippen LogP) is 5.24. The summed E-state index contributed by atoms with van der Waals surface area (Å²) >= 11 is 0. The minimum absolute atomic E-state index is 0.177. The molecule has 0 radical (unpaired) electrons. The van der Waals surface area contributed by atoms with Crippen molar-refractivity contribution >= 4 is 31.0 Å². The molecule has 0 spiro atoms. The van der Waals surface area contributed by atoms with Gasteiger partial charge in [0.1, 0.15) is 32.3 Å². The summed E-state index contributed by atoms with van der Waals surface area (Å²) in [5.41, 5.74) is -2.63. The van der Waals surface area contributed by atoms with Crippen LogP contribution in [-0.2, 0) is 73.9 Å². The molecule has 1 heterocycles. The summed E-state index contributed by atoms with van der Waals surface area (Å²) in [6, 6.07) is 35.1. The van der Waals surface area contributed by atoms with E-state index in [1.807, 2.05) is 6.07 Å². The van der Waals surface area contributed by atoms with Crippen LogP contribution in [0.25, 0.3) is 0 Å². The van der Waals surface area contributed by atoms with Crippen molar-refractivity contribution in [1.82, 2.24) is 0 Å². The van der Waals surface area contributed by atoms with Crippen molar-refractivity contribution in [3.63, 3.8) is 0 Å². The molecule has 0 N–H and O–H groups in total. The van der Waals surface area contributed by atoms with Gasteiger partial charge in [-0.15, -0.1) is 0 Å². The standard InChI is InChI=1S/C37H35BO10/c1-36(33(40)44-24-28-17-9-4-10-18-28)31(32(39)43-23-27-15-7-3-8-16-27)37(48-38(2)47-36,34(41)45-25-29-19-11-5-12-20-29)35(42)46-26-30-21-13-6-14-22-30/h3-22,31H,23-26H2,1-2H3. The van der Waals surface area contributed by atoms with E-state index < -0.39 is 48.1 Å². The third-order valence-corrected chi connectivity index (χ3v) is 7.83. The predicted molar refractivity (Wildman–Crippen MR) is 173 cm³/mol. The lowest BCUT2D eigenvalue weighted by Gasteiger charge is -2.48. The molecule has 0 amide bonds. The molecule has 1 aliphatic rings. The first-order chi connectivity index (χ1) is 23.2. The molecule has 1 saturated heterocycles. The van der Waals surface area contributed by atoms with Gasteiger partial charge in [0.25, 0.3) is 5.60 Å². The van der Waals surface area contributed by atoms with Crippen LogP contribution in [-0.4, -0.2) is 42.2 Å². The summed E-state index contributed by atoms with van der Waals surface area (Å²) in [5.74, 6) is -6.75. The normalized spacial score (nSPS) is 18.3. The van der Waals surface area contributed by atoms with E-state index in [1.165, 1.54) is 13.7 Å². The summed E-state index contributed by atoms with van der Waals surface area (Å²) < 4.78 is 34.6. The van der Waals surface area contributed by atoms with Gasteiger partial charge in [-0.1, -0.05) is 121 Å². The largest absolute Gasteiger partial charge is 0.460 e. The fourth-order valence-corrected chi connectivity index (χ4v) is 5.47. The fraction of sp³-hybridized carbons (Fsp3) is 0.243. The summed E-state index contributed by atoms with van der Waals surface area (Å²) in [7, 11) is -1.38. The third-order valence-electron chi connectivity index (χ3n) is 7.83. The van der Waals surface area contributed by atoms with Crippen LogP contribution in [0.4, 0.5) is 0 Å². The third kappa shape index (κ3) is 7.82. The molecule has 10 nitrogen and oxygen atoms in total. The van der Waals surface area contributed by atoms with Gasteiger partial charge in [0.15, 0.2) is 5.60 Å². The second-order valence-electron chi connectivity index (χ2n) is 11.4. The molecule has 4 aromatic rings. The molecule has 2 unspecified atom stereocenters. The molecule has 1 fully saturated rings. The van der Waals surface area contributed by atoms with Gasteiger partial charge in [-0.3, -0.25) is 4.79 Å². The Morgan fingerprint density at radius 1 is 0.542 bits per heavy atom. The van der Waals surface area contributed by atoms with E-state index in [2.05, 4.69) is 0 Å². The van der Waals surface area contributed by atoms with E-state index in [-0.39, 0.29) is 26.4 Å². The maximum Gasteiger partial charge on any atom is 0.455 e. The Labute approximate surface area is 279 Å². The molecule has 48 heavy (non-hydrogen) atoms. The molecule has 246 valence electrons. The topological polar surface area (TPSA) is 124 Å². The van der Waals surface area contributed by atoms with E-state index >= 15 is 0 Å². The van der Waals surface area contributed by atoms with Crippen molar-refractivity contribution in [2.45, 2.75) is 51.4 Å². The molecule has 1 aliphatic heterocycles. The number of hydrogen-bond acceptors (Lipinski definition) is 10. The van der Waals surface area contributed by atoms with Gasteiger partial charge in [0.05, 0.1) is 0 Å². The molecule has 0 aromatic heterocycles. The Kier molecular flexibility index (Phi) is 11.0. The van der Waals surface area contributed by atoms with E-state index in [9.17, 15) is 19.2 Å². The van der Waals surface area contributed by atoms with Crippen LogP contribution in [0.2, 0.25) is 6.82 Å². The molecule has 5 rings (SSSR count). The summed E-state index contributed by atoms with van der Waals surface area (Å²) in [6.07, 6.45) is 0. The summed E-state index contributed by atoms with van der Waals surface area (Å²) in [5, 5.41) is 0. The smallest absolute Gasteiger partial charge is 0.455 e. The average molecular weight is 650 g/mol. The van der Waals surface area contributed by atoms with Gasteiger partial charge in [0, 0.05) is 0 Å². The van der Waals surface area contributed by atoms with Crippen LogP contribution in [0.1, 0.15) is 29.2 Å². The number of rotatable bonds is 12.